The Bertz CT molecular complexity index is 957. The third-order valence-electron chi connectivity index (χ3n) is 5.20. The van der Waals surface area contributed by atoms with E-state index in [2.05, 4.69) is 14.8 Å². The fraction of sp³-hybridized carbons (Fsp3) is 0.368. The van der Waals surface area contributed by atoms with Crippen LogP contribution in [0.25, 0.3) is 22.2 Å². The van der Waals surface area contributed by atoms with Gasteiger partial charge in [-0.1, -0.05) is 0 Å². The summed E-state index contributed by atoms with van der Waals surface area (Å²) in [5.74, 6) is -1.58. The van der Waals surface area contributed by atoms with E-state index in [0.29, 0.717) is 6.04 Å². The Hall–Kier alpha value is -2.30. The van der Waals surface area contributed by atoms with Crippen molar-refractivity contribution in [1.82, 2.24) is 14.8 Å². The first-order valence-electron chi connectivity index (χ1n) is 8.56. The van der Waals surface area contributed by atoms with Gasteiger partial charge in [-0.2, -0.15) is 10.2 Å². The second-order valence-electron chi connectivity index (χ2n) is 6.85. The Balaban J connectivity index is 1.80. The van der Waals surface area contributed by atoms with E-state index in [1.807, 2.05) is 12.3 Å². The molecule has 2 aromatic heterocycles. The standard InChI is InChI=1S/C19H17F2N3/c20-15-7-11-8-19(24(12-5-6-12)18(11)9-16(15)21)14-10-22-23-17-4-2-1-3-13(14)17/h7-10,12H,1-6H2. The van der Waals surface area contributed by atoms with Gasteiger partial charge in [0.05, 0.1) is 23.1 Å². The summed E-state index contributed by atoms with van der Waals surface area (Å²) in [5.41, 5.74) is 5.19. The van der Waals surface area contributed by atoms with E-state index >= 15 is 0 Å². The minimum absolute atomic E-state index is 0.370. The lowest BCUT2D eigenvalue weighted by atomic mass is 9.92. The summed E-state index contributed by atoms with van der Waals surface area (Å²) in [6, 6.07) is 4.97. The largest absolute Gasteiger partial charge is 0.337 e. The van der Waals surface area contributed by atoms with E-state index < -0.39 is 11.6 Å². The zero-order valence-corrected chi connectivity index (χ0v) is 13.2. The molecule has 1 saturated carbocycles. The highest BCUT2D eigenvalue weighted by molar-refractivity contribution is 5.88. The van der Waals surface area contributed by atoms with Gasteiger partial charge in [0.15, 0.2) is 11.6 Å². The fourth-order valence-electron chi connectivity index (χ4n) is 3.90. The summed E-state index contributed by atoms with van der Waals surface area (Å²) in [7, 11) is 0. The lowest BCUT2D eigenvalue weighted by Gasteiger charge is -2.18. The molecule has 0 radical (unpaired) electrons. The zero-order chi connectivity index (χ0) is 16.3. The summed E-state index contributed by atoms with van der Waals surface area (Å²) in [4.78, 5) is 0. The van der Waals surface area contributed by atoms with Gasteiger partial charge in [-0.3, -0.25) is 0 Å². The molecule has 3 nitrogen and oxygen atoms in total. The molecule has 5 heteroatoms. The van der Waals surface area contributed by atoms with Crippen LogP contribution in [-0.2, 0) is 12.8 Å². The molecule has 0 bridgehead atoms. The van der Waals surface area contributed by atoms with E-state index in [1.165, 1.54) is 17.7 Å². The molecule has 2 heterocycles. The number of aromatic nitrogens is 3. The van der Waals surface area contributed by atoms with Gasteiger partial charge in [0.2, 0.25) is 0 Å². The third kappa shape index (κ3) is 2.07. The summed E-state index contributed by atoms with van der Waals surface area (Å²) in [6.45, 7) is 0. The van der Waals surface area contributed by atoms with E-state index in [0.717, 1.165) is 66.4 Å². The van der Waals surface area contributed by atoms with Crippen molar-refractivity contribution < 1.29 is 8.78 Å². The number of hydrogen-bond donors (Lipinski definition) is 0. The van der Waals surface area contributed by atoms with Gasteiger partial charge < -0.3 is 4.57 Å². The number of aryl methyl sites for hydroxylation is 1. The highest BCUT2D eigenvalue weighted by Gasteiger charge is 2.30. The second kappa shape index (κ2) is 5.10. The summed E-state index contributed by atoms with van der Waals surface area (Å²) >= 11 is 0. The average Bonchev–Trinajstić information content (AvgIpc) is 3.37. The SMILES string of the molecule is Fc1cc2cc(-c3cnnc4c3CCCC4)n(C3CC3)c2cc1F. The Morgan fingerprint density at radius 2 is 1.79 bits per heavy atom. The number of hydrogen-bond acceptors (Lipinski definition) is 2. The Labute approximate surface area is 138 Å². The van der Waals surface area contributed by atoms with Gasteiger partial charge in [0.25, 0.3) is 0 Å². The number of halogens is 2. The van der Waals surface area contributed by atoms with Crippen LogP contribution in [0.2, 0.25) is 0 Å². The highest BCUT2D eigenvalue weighted by atomic mass is 19.2. The lowest BCUT2D eigenvalue weighted by Crippen LogP contribution is -2.09. The average molecular weight is 325 g/mol. The van der Waals surface area contributed by atoms with Crippen molar-refractivity contribution in [2.24, 2.45) is 0 Å². The van der Waals surface area contributed by atoms with Crippen LogP contribution in [0.4, 0.5) is 8.78 Å². The number of rotatable bonds is 2. The topological polar surface area (TPSA) is 30.7 Å². The van der Waals surface area contributed by atoms with Crippen LogP contribution in [0.3, 0.4) is 0 Å². The quantitative estimate of drug-likeness (QED) is 0.690. The molecule has 2 aliphatic carbocycles. The highest BCUT2D eigenvalue weighted by Crippen LogP contribution is 2.44. The van der Waals surface area contributed by atoms with Crippen molar-refractivity contribution >= 4 is 10.9 Å². The molecular weight excluding hydrogens is 308 g/mol. The molecule has 122 valence electrons. The van der Waals surface area contributed by atoms with Gasteiger partial charge in [0, 0.05) is 23.1 Å². The minimum Gasteiger partial charge on any atom is -0.337 e. The maximum absolute atomic E-state index is 13.8. The van der Waals surface area contributed by atoms with E-state index in [1.54, 1.807) is 0 Å². The van der Waals surface area contributed by atoms with Gasteiger partial charge in [-0.05, 0) is 56.2 Å². The Morgan fingerprint density at radius 3 is 2.62 bits per heavy atom. The summed E-state index contributed by atoms with van der Waals surface area (Å²) in [5, 5.41) is 9.23. The molecule has 24 heavy (non-hydrogen) atoms. The Kier molecular flexibility index (Phi) is 2.99. The van der Waals surface area contributed by atoms with Gasteiger partial charge in [0.1, 0.15) is 0 Å². The van der Waals surface area contributed by atoms with Crippen LogP contribution in [0.15, 0.2) is 24.4 Å². The minimum atomic E-state index is -0.795. The molecule has 2 aliphatic rings. The first-order chi connectivity index (χ1) is 11.7. The van der Waals surface area contributed by atoms with E-state index in [9.17, 15) is 8.78 Å². The number of benzene rings is 1. The monoisotopic (exact) mass is 325 g/mol. The molecule has 1 aromatic carbocycles. The number of nitrogens with zero attached hydrogens (tertiary/aromatic N) is 3. The van der Waals surface area contributed by atoms with Crippen molar-refractivity contribution in [1.29, 1.82) is 0 Å². The number of fused-ring (bicyclic) bond motifs is 2. The van der Waals surface area contributed by atoms with Crippen molar-refractivity contribution in [2.75, 3.05) is 0 Å². The van der Waals surface area contributed by atoms with Gasteiger partial charge in [-0.25, -0.2) is 8.78 Å². The molecule has 0 aliphatic heterocycles. The van der Waals surface area contributed by atoms with Crippen molar-refractivity contribution in [3.8, 4) is 11.3 Å². The first-order valence-corrected chi connectivity index (χ1v) is 8.56. The van der Waals surface area contributed by atoms with Crippen molar-refractivity contribution in [3.05, 3.63) is 47.3 Å². The Morgan fingerprint density at radius 1 is 1.00 bits per heavy atom. The first kappa shape index (κ1) is 14.1. The fourth-order valence-corrected chi connectivity index (χ4v) is 3.90. The van der Waals surface area contributed by atoms with Crippen LogP contribution >= 0.6 is 0 Å². The van der Waals surface area contributed by atoms with Crippen LogP contribution in [0.5, 0.6) is 0 Å². The van der Waals surface area contributed by atoms with Gasteiger partial charge in [-0.15, -0.1) is 0 Å². The maximum atomic E-state index is 13.8. The lowest BCUT2D eigenvalue weighted by molar-refractivity contribution is 0.510. The predicted molar refractivity (Wildman–Crippen MR) is 87.8 cm³/mol. The van der Waals surface area contributed by atoms with Crippen molar-refractivity contribution in [3.63, 3.8) is 0 Å². The summed E-state index contributed by atoms with van der Waals surface area (Å²) < 4.78 is 29.6. The molecule has 0 saturated heterocycles. The van der Waals surface area contributed by atoms with E-state index in [-0.39, 0.29) is 0 Å². The van der Waals surface area contributed by atoms with Crippen LogP contribution < -0.4 is 0 Å². The van der Waals surface area contributed by atoms with E-state index in [4.69, 9.17) is 0 Å². The summed E-state index contributed by atoms with van der Waals surface area (Å²) in [6.07, 6.45) is 8.22. The molecule has 5 rings (SSSR count). The molecule has 0 unspecified atom stereocenters. The molecule has 3 aromatic rings. The third-order valence-corrected chi connectivity index (χ3v) is 5.20. The smallest absolute Gasteiger partial charge is 0.160 e. The molecule has 0 spiro atoms. The molecule has 0 atom stereocenters. The van der Waals surface area contributed by atoms with Crippen LogP contribution in [-0.4, -0.2) is 14.8 Å². The second-order valence-corrected chi connectivity index (χ2v) is 6.85. The van der Waals surface area contributed by atoms with Gasteiger partial charge >= 0.3 is 0 Å². The maximum Gasteiger partial charge on any atom is 0.160 e. The molecule has 1 fully saturated rings. The van der Waals surface area contributed by atoms with Crippen molar-refractivity contribution in [2.45, 2.75) is 44.6 Å². The zero-order valence-electron chi connectivity index (χ0n) is 13.2. The molecule has 0 amide bonds. The van der Waals surface area contributed by atoms with Crippen LogP contribution in [0, 0.1) is 11.6 Å². The molecule has 0 N–H and O–H groups in total. The molecular formula is C19H17F2N3. The predicted octanol–water partition coefficient (Wildman–Crippen LogP) is 4.59. The van der Waals surface area contributed by atoms with Crippen LogP contribution in [0.1, 0.15) is 43.0 Å². The normalized spacial score (nSPS) is 17.2.